The number of hydrogen-bond acceptors (Lipinski definition) is 1. The third-order valence-electron chi connectivity index (χ3n) is 13.3. The molecule has 12 aromatic rings. The summed E-state index contributed by atoms with van der Waals surface area (Å²) in [6.45, 7) is 0. The van der Waals surface area contributed by atoms with E-state index < -0.39 is 0 Å². The Morgan fingerprint density at radius 3 is 1.23 bits per heavy atom. The quantitative estimate of drug-likeness (QED) is 0.156. The van der Waals surface area contributed by atoms with Gasteiger partial charge < -0.3 is 0 Å². The summed E-state index contributed by atoms with van der Waals surface area (Å²) in [5.74, 6) is 0. The van der Waals surface area contributed by atoms with Crippen LogP contribution in [0.15, 0.2) is 200 Å². The summed E-state index contributed by atoms with van der Waals surface area (Å²) >= 11 is 1.90. The summed E-state index contributed by atoms with van der Waals surface area (Å²) in [5, 5.41) is 15.5. The van der Waals surface area contributed by atoms with Crippen molar-refractivity contribution in [1.29, 1.82) is 0 Å². The van der Waals surface area contributed by atoms with Gasteiger partial charge in [-0.2, -0.15) is 0 Å². The van der Waals surface area contributed by atoms with Crippen molar-refractivity contribution < 1.29 is 0 Å². The van der Waals surface area contributed by atoms with E-state index in [0.717, 1.165) is 12.8 Å². The van der Waals surface area contributed by atoms with Gasteiger partial charge in [-0.05, 0) is 159 Å². The fraction of sp³-hybridized carbons (Fsp3) is 0.0333. The zero-order valence-electron chi connectivity index (χ0n) is 33.5. The molecule has 0 aliphatic heterocycles. The van der Waals surface area contributed by atoms with E-state index in [1.165, 1.54) is 130 Å². The lowest BCUT2D eigenvalue weighted by Gasteiger charge is -2.24. The van der Waals surface area contributed by atoms with Gasteiger partial charge in [-0.15, -0.1) is 11.3 Å². The minimum Gasteiger partial charge on any atom is -0.135 e. The molecule has 0 saturated carbocycles. The van der Waals surface area contributed by atoms with Gasteiger partial charge in [-0.25, -0.2) is 0 Å². The molecule has 1 aromatic heterocycles. The first-order valence-corrected chi connectivity index (χ1v) is 22.2. The number of hydrogen-bond donors (Lipinski definition) is 0. The van der Waals surface area contributed by atoms with Crippen molar-refractivity contribution in [1.82, 2.24) is 0 Å². The molecule has 0 radical (unpaired) electrons. The molecule has 1 heterocycles. The molecule has 13 rings (SSSR count). The van der Waals surface area contributed by atoms with Crippen molar-refractivity contribution in [3.8, 4) is 44.5 Å². The Morgan fingerprint density at radius 2 is 0.705 bits per heavy atom. The number of allylic oxidation sites excluding steroid dienone is 1. The first kappa shape index (κ1) is 34.5. The lowest BCUT2D eigenvalue weighted by Crippen LogP contribution is -2.02. The molecule has 0 bridgehead atoms. The van der Waals surface area contributed by atoms with E-state index >= 15 is 0 Å². The number of fused-ring (bicyclic) bond motifs is 9. The standard InChI is InChI=1S/C60H38S/c1-3-15-39-33-41(27-25-37(39)13-1)57-45-17-5-9-21-49(45)59(50-22-10-6-18-46(50)57)43-29-31-55-53(35-43)54-36-44(30-32-56(54)61-55)60-51-23-11-7-19-47(51)58(48-20-8-12-24-52(48)60)42-28-26-38-14-2-4-16-40(38)34-42/h1-7,9-19,21-36H,8,20H2. The summed E-state index contributed by atoms with van der Waals surface area (Å²) in [6, 6.07) is 72.8. The zero-order valence-corrected chi connectivity index (χ0v) is 34.3. The summed E-state index contributed by atoms with van der Waals surface area (Å²) in [5.41, 5.74) is 13.2. The highest BCUT2D eigenvalue weighted by molar-refractivity contribution is 7.25. The Bertz CT molecular complexity index is 3760. The largest absolute Gasteiger partial charge is 0.135 e. The van der Waals surface area contributed by atoms with Crippen LogP contribution in [-0.4, -0.2) is 0 Å². The van der Waals surface area contributed by atoms with Gasteiger partial charge >= 0.3 is 0 Å². The Balaban J connectivity index is 1.02. The molecule has 11 aromatic carbocycles. The van der Waals surface area contributed by atoms with Gasteiger partial charge in [0.2, 0.25) is 0 Å². The van der Waals surface area contributed by atoms with E-state index in [-0.39, 0.29) is 0 Å². The lowest BCUT2D eigenvalue weighted by atomic mass is 9.80. The minimum absolute atomic E-state index is 1.03. The van der Waals surface area contributed by atoms with Crippen LogP contribution >= 0.6 is 11.3 Å². The van der Waals surface area contributed by atoms with Gasteiger partial charge in [-0.3, -0.25) is 0 Å². The SMILES string of the molecule is C1=Cc2c(c(-c3ccc4ccccc4c3)c3ccccc3c2-c2ccc3sc4ccc(-c5c6ccccc6c(-c6ccc7ccccc7c6)c6ccccc56)cc4c3c2)CC1. The third-order valence-corrected chi connectivity index (χ3v) is 14.4. The van der Waals surface area contributed by atoms with Crippen LogP contribution in [0, 0.1) is 0 Å². The van der Waals surface area contributed by atoms with Crippen molar-refractivity contribution >= 4 is 91.4 Å². The first-order chi connectivity index (χ1) is 30.2. The van der Waals surface area contributed by atoms with Gasteiger partial charge in [-0.1, -0.05) is 170 Å². The van der Waals surface area contributed by atoms with Crippen molar-refractivity contribution in [3.05, 3.63) is 211 Å². The summed E-state index contributed by atoms with van der Waals surface area (Å²) in [7, 11) is 0. The molecule has 0 fully saturated rings. The molecule has 0 nitrogen and oxygen atoms in total. The average molecular weight is 791 g/mol. The monoisotopic (exact) mass is 790 g/mol. The molecule has 0 atom stereocenters. The maximum atomic E-state index is 2.48. The highest BCUT2D eigenvalue weighted by atomic mass is 32.1. The Labute approximate surface area is 358 Å². The molecular formula is C60H38S. The van der Waals surface area contributed by atoms with Crippen LogP contribution < -0.4 is 0 Å². The maximum absolute atomic E-state index is 2.48. The van der Waals surface area contributed by atoms with Gasteiger partial charge in [0.1, 0.15) is 0 Å². The molecule has 1 aliphatic rings. The van der Waals surface area contributed by atoms with E-state index in [1.54, 1.807) is 0 Å². The second kappa shape index (κ2) is 13.6. The highest BCUT2D eigenvalue weighted by Gasteiger charge is 2.23. The molecule has 0 N–H and O–H groups in total. The summed E-state index contributed by atoms with van der Waals surface area (Å²) < 4.78 is 2.63. The van der Waals surface area contributed by atoms with Gasteiger partial charge in [0, 0.05) is 20.2 Å². The molecule has 1 aliphatic carbocycles. The molecular weight excluding hydrogens is 753 g/mol. The van der Waals surface area contributed by atoms with Crippen LogP contribution in [-0.2, 0) is 6.42 Å². The normalized spacial score (nSPS) is 12.7. The molecule has 1 heteroatoms. The molecule has 0 spiro atoms. The number of benzene rings is 11. The first-order valence-electron chi connectivity index (χ1n) is 21.4. The zero-order chi connectivity index (χ0) is 40.0. The number of rotatable bonds is 4. The summed E-state index contributed by atoms with van der Waals surface area (Å²) in [4.78, 5) is 0. The van der Waals surface area contributed by atoms with Crippen molar-refractivity contribution in [2.45, 2.75) is 12.8 Å². The second-order valence-electron chi connectivity index (χ2n) is 16.6. The molecule has 61 heavy (non-hydrogen) atoms. The maximum Gasteiger partial charge on any atom is 0.0355 e. The molecule has 284 valence electrons. The number of thiophene rings is 1. The topological polar surface area (TPSA) is 0 Å². The molecule has 0 unspecified atom stereocenters. The lowest BCUT2D eigenvalue weighted by molar-refractivity contribution is 0.991. The molecule has 0 saturated heterocycles. The third kappa shape index (κ3) is 5.37. The Morgan fingerprint density at radius 1 is 0.311 bits per heavy atom. The minimum atomic E-state index is 1.03. The Kier molecular flexibility index (Phi) is 7.70. The fourth-order valence-corrected chi connectivity index (χ4v) is 11.6. The van der Waals surface area contributed by atoms with E-state index in [9.17, 15) is 0 Å². The van der Waals surface area contributed by atoms with E-state index in [0.29, 0.717) is 0 Å². The van der Waals surface area contributed by atoms with Crippen LogP contribution in [0.3, 0.4) is 0 Å². The average Bonchev–Trinajstić information content (AvgIpc) is 3.69. The smallest absolute Gasteiger partial charge is 0.0355 e. The summed E-state index contributed by atoms with van der Waals surface area (Å²) in [6.07, 6.45) is 6.85. The van der Waals surface area contributed by atoms with Gasteiger partial charge in [0.15, 0.2) is 0 Å². The Hall–Kier alpha value is -7.32. The predicted molar refractivity (Wildman–Crippen MR) is 266 cm³/mol. The van der Waals surface area contributed by atoms with Crippen molar-refractivity contribution in [3.63, 3.8) is 0 Å². The predicted octanol–water partition coefficient (Wildman–Crippen LogP) is 17.4. The molecule has 0 amide bonds. The highest BCUT2D eigenvalue weighted by Crippen LogP contribution is 2.49. The second-order valence-corrected chi connectivity index (χ2v) is 17.7. The van der Waals surface area contributed by atoms with Gasteiger partial charge in [0.25, 0.3) is 0 Å². The fourth-order valence-electron chi connectivity index (χ4n) is 10.6. The van der Waals surface area contributed by atoms with Crippen LogP contribution in [0.5, 0.6) is 0 Å². The van der Waals surface area contributed by atoms with Crippen molar-refractivity contribution in [2.24, 2.45) is 0 Å². The van der Waals surface area contributed by atoms with Gasteiger partial charge in [0.05, 0.1) is 0 Å². The van der Waals surface area contributed by atoms with Crippen LogP contribution in [0.4, 0.5) is 0 Å². The van der Waals surface area contributed by atoms with Crippen molar-refractivity contribution in [2.75, 3.05) is 0 Å². The van der Waals surface area contributed by atoms with E-state index in [2.05, 4.69) is 206 Å². The van der Waals surface area contributed by atoms with Crippen LogP contribution in [0.25, 0.3) is 125 Å². The van der Waals surface area contributed by atoms with Crippen LogP contribution in [0.2, 0.25) is 0 Å². The van der Waals surface area contributed by atoms with Crippen LogP contribution in [0.1, 0.15) is 17.5 Å². The van der Waals surface area contributed by atoms with E-state index in [4.69, 9.17) is 0 Å². The van der Waals surface area contributed by atoms with E-state index in [1.807, 2.05) is 11.3 Å².